The molecule has 0 bridgehead atoms. The van der Waals surface area contributed by atoms with Crippen molar-refractivity contribution in [3.63, 3.8) is 0 Å². The van der Waals surface area contributed by atoms with Crippen molar-refractivity contribution >= 4 is 9.84 Å². The van der Waals surface area contributed by atoms with E-state index in [0.717, 1.165) is 11.1 Å². The Morgan fingerprint density at radius 3 is 1.23 bits per heavy atom. The van der Waals surface area contributed by atoms with E-state index in [-0.39, 0.29) is 9.79 Å². The molecule has 0 spiro atoms. The Kier molecular flexibility index (Phi) is 5.78. The maximum atomic E-state index is 13.8. The van der Waals surface area contributed by atoms with Gasteiger partial charge in [0.25, 0.3) is 0 Å². The molecule has 0 amide bonds. The summed E-state index contributed by atoms with van der Waals surface area (Å²) >= 11 is 0. The third-order valence-electron chi connectivity index (χ3n) is 5.16. The lowest BCUT2D eigenvalue weighted by Gasteiger charge is -2.15. The van der Waals surface area contributed by atoms with Crippen LogP contribution in [0.5, 0.6) is 11.5 Å². The Bertz CT molecular complexity index is 1200. The molecule has 0 heterocycles. The molecular weight excluding hydrogens is 408 g/mol. The van der Waals surface area contributed by atoms with Gasteiger partial charge in [0.1, 0.15) is 11.5 Å². The number of hydrogen-bond acceptors (Lipinski definition) is 4. The van der Waals surface area contributed by atoms with E-state index >= 15 is 0 Å². The molecule has 0 N–H and O–H groups in total. The van der Waals surface area contributed by atoms with E-state index in [9.17, 15) is 8.42 Å². The Labute approximate surface area is 182 Å². The molecule has 0 aliphatic carbocycles. The Morgan fingerprint density at radius 2 is 0.871 bits per heavy atom. The zero-order chi connectivity index (χ0) is 21.8. The van der Waals surface area contributed by atoms with Crippen LogP contribution in [0.4, 0.5) is 0 Å². The minimum Gasteiger partial charge on any atom is -0.497 e. The summed E-state index contributed by atoms with van der Waals surface area (Å²) in [5.74, 6) is 1.43. The summed E-state index contributed by atoms with van der Waals surface area (Å²) in [4.78, 5) is 0.530. The first-order valence-electron chi connectivity index (χ1n) is 9.76. The lowest BCUT2D eigenvalue weighted by atomic mass is 10.1. The van der Waals surface area contributed by atoms with Gasteiger partial charge >= 0.3 is 0 Å². The van der Waals surface area contributed by atoms with Crippen LogP contribution in [0.3, 0.4) is 0 Å². The maximum Gasteiger partial charge on any atom is 0.207 e. The van der Waals surface area contributed by atoms with Crippen LogP contribution in [0, 0.1) is 0 Å². The highest BCUT2D eigenvalue weighted by Gasteiger charge is 2.25. The van der Waals surface area contributed by atoms with Crippen LogP contribution < -0.4 is 9.47 Å². The van der Waals surface area contributed by atoms with Crippen molar-refractivity contribution < 1.29 is 17.9 Å². The van der Waals surface area contributed by atoms with Gasteiger partial charge in [0.05, 0.1) is 24.0 Å². The van der Waals surface area contributed by atoms with Crippen LogP contribution in [0.25, 0.3) is 22.3 Å². The number of sulfone groups is 1. The Hall–Kier alpha value is -3.57. The number of ether oxygens (including phenoxy) is 2. The second-order valence-electron chi connectivity index (χ2n) is 6.95. The summed E-state index contributed by atoms with van der Waals surface area (Å²) in [7, 11) is -0.589. The molecule has 4 aromatic carbocycles. The fraction of sp³-hybridized carbons (Fsp3) is 0.0769. The highest BCUT2D eigenvalue weighted by atomic mass is 32.2. The average molecular weight is 431 g/mol. The second-order valence-corrected chi connectivity index (χ2v) is 8.84. The van der Waals surface area contributed by atoms with E-state index in [1.165, 1.54) is 0 Å². The fourth-order valence-electron chi connectivity index (χ4n) is 3.54. The quantitative estimate of drug-likeness (QED) is 0.384. The van der Waals surface area contributed by atoms with Gasteiger partial charge in [-0.1, -0.05) is 60.7 Å². The summed E-state index contributed by atoms with van der Waals surface area (Å²) in [5, 5.41) is 0. The molecule has 4 nitrogen and oxygen atoms in total. The predicted molar refractivity (Wildman–Crippen MR) is 122 cm³/mol. The van der Waals surface area contributed by atoms with E-state index in [0.29, 0.717) is 22.6 Å². The molecule has 0 aliphatic heterocycles. The second kappa shape index (κ2) is 8.66. The van der Waals surface area contributed by atoms with Gasteiger partial charge in [0.15, 0.2) is 0 Å². The monoisotopic (exact) mass is 430 g/mol. The maximum absolute atomic E-state index is 13.8. The number of hydrogen-bond donors (Lipinski definition) is 0. The van der Waals surface area contributed by atoms with E-state index in [1.54, 1.807) is 38.5 Å². The average Bonchev–Trinajstić information content (AvgIpc) is 2.84. The zero-order valence-corrected chi connectivity index (χ0v) is 18.1. The van der Waals surface area contributed by atoms with Gasteiger partial charge in [-0.15, -0.1) is 0 Å². The smallest absolute Gasteiger partial charge is 0.207 e. The summed E-state index contributed by atoms with van der Waals surface area (Å²) in [6, 6.07) is 28.9. The molecule has 0 aliphatic rings. The summed E-state index contributed by atoms with van der Waals surface area (Å²) in [6.45, 7) is 0. The molecule has 31 heavy (non-hydrogen) atoms. The lowest BCUT2D eigenvalue weighted by molar-refractivity contribution is 0.415. The highest BCUT2D eigenvalue weighted by Crippen LogP contribution is 2.36. The molecule has 4 rings (SSSR count). The Balaban J connectivity index is 1.85. The molecular formula is C26H22O4S. The van der Waals surface area contributed by atoms with Crippen molar-refractivity contribution in [2.45, 2.75) is 9.79 Å². The van der Waals surface area contributed by atoms with Gasteiger partial charge in [-0.05, 0) is 47.5 Å². The molecule has 0 saturated heterocycles. The topological polar surface area (TPSA) is 52.6 Å². The van der Waals surface area contributed by atoms with Crippen LogP contribution in [0.15, 0.2) is 107 Å². The molecule has 0 atom stereocenters. The first-order valence-corrected chi connectivity index (χ1v) is 11.2. The molecule has 0 unspecified atom stereocenters. The molecule has 0 aromatic heterocycles. The third-order valence-corrected chi connectivity index (χ3v) is 7.03. The van der Waals surface area contributed by atoms with Gasteiger partial charge < -0.3 is 9.47 Å². The van der Waals surface area contributed by atoms with Crippen LogP contribution >= 0.6 is 0 Å². The van der Waals surface area contributed by atoms with Crippen molar-refractivity contribution in [2.75, 3.05) is 14.2 Å². The number of benzene rings is 4. The van der Waals surface area contributed by atoms with Crippen LogP contribution in [0.1, 0.15) is 0 Å². The molecule has 0 radical (unpaired) electrons. The number of rotatable bonds is 6. The van der Waals surface area contributed by atoms with Crippen LogP contribution in [-0.4, -0.2) is 22.6 Å². The standard InChI is InChI=1S/C26H22O4S/c1-29-21-15-11-19(12-16-21)23-7-3-5-9-25(23)31(27,28)26-10-6-4-8-24(26)20-13-17-22(30-2)18-14-20/h3-18H,1-2H3. The van der Waals surface area contributed by atoms with Crippen molar-refractivity contribution in [3.8, 4) is 33.8 Å². The van der Waals surface area contributed by atoms with Gasteiger partial charge in [0.2, 0.25) is 9.84 Å². The predicted octanol–water partition coefficient (Wildman–Crippen LogP) is 5.87. The molecule has 0 fully saturated rings. The molecule has 4 aromatic rings. The summed E-state index contributed by atoms with van der Waals surface area (Å²) < 4.78 is 38.1. The molecule has 5 heteroatoms. The molecule has 0 saturated carbocycles. The normalized spacial score (nSPS) is 11.2. The minimum absolute atomic E-state index is 0.265. The third kappa shape index (κ3) is 4.05. The summed E-state index contributed by atoms with van der Waals surface area (Å²) in [6.07, 6.45) is 0. The lowest BCUT2D eigenvalue weighted by Crippen LogP contribution is -2.06. The first-order chi connectivity index (χ1) is 15.0. The van der Waals surface area contributed by atoms with Gasteiger partial charge in [-0.2, -0.15) is 0 Å². The van der Waals surface area contributed by atoms with Gasteiger partial charge in [0, 0.05) is 11.1 Å². The minimum atomic E-state index is -3.79. The SMILES string of the molecule is COc1ccc(-c2ccccc2S(=O)(=O)c2ccccc2-c2ccc(OC)cc2)cc1. The van der Waals surface area contributed by atoms with Crippen molar-refractivity contribution in [1.29, 1.82) is 0 Å². The van der Waals surface area contributed by atoms with Crippen molar-refractivity contribution in [1.82, 2.24) is 0 Å². The van der Waals surface area contributed by atoms with Gasteiger partial charge in [-0.3, -0.25) is 0 Å². The zero-order valence-electron chi connectivity index (χ0n) is 17.3. The van der Waals surface area contributed by atoms with Crippen molar-refractivity contribution in [3.05, 3.63) is 97.1 Å². The van der Waals surface area contributed by atoms with Gasteiger partial charge in [-0.25, -0.2) is 8.42 Å². The van der Waals surface area contributed by atoms with E-state index < -0.39 is 9.84 Å². The molecule has 156 valence electrons. The summed E-state index contributed by atoms with van der Waals surface area (Å²) in [5.41, 5.74) is 2.91. The van der Waals surface area contributed by atoms with E-state index in [1.807, 2.05) is 72.8 Å². The van der Waals surface area contributed by atoms with E-state index in [2.05, 4.69) is 0 Å². The fourth-order valence-corrected chi connectivity index (χ4v) is 5.24. The first kappa shape index (κ1) is 20.7. The van der Waals surface area contributed by atoms with Crippen molar-refractivity contribution in [2.24, 2.45) is 0 Å². The number of methoxy groups -OCH3 is 2. The van der Waals surface area contributed by atoms with Crippen LogP contribution in [0.2, 0.25) is 0 Å². The van der Waals surface area contributed by atoms with E-state index in [4.69, 9.17) is 9.47 Å². The highest BCUT2D eigenvalue weighted by molar-refractivity contribution is 7.91. The largest absolute Gasteiger partial charge is 0.497 e. The Morgan fingerprint density at radius 1 is 0.516 bits per heavy atom. The van der Waals surface area contributed by atoms with Crippen LogP contribution in [-0.2, 0) is 9.84 Å².